The zero-order valence-electron chi connectivity index (χ0n) is 13.6. The highest BCUT2D eigenvalue weighted by atomic mass is 35.5. The van der Waals surface area contributed by atoms with E-state index in [2.05, 4.69) is 5.32 Å². The monoisotopic (exact) mass is 393 g/mol. The van der Waals surface area contributed by atoms with Gasteiger partial charge in [-0.1, -0.05) is 47.5 Å². The lowest BCUT2D eigenvalue weighted by atomic mass is 10.2. The van der Waals surface area contributed by atoms with Crippen LogP contribution in [0.4, 0.5) is 14.5 Å². The molecule has 3 rings (SSSR count). The van der Waals surface area contributed by atoms with Gasteiger partial charge in [-0.15, -0.1) is 0 Å². The number of para-hydroxylation sites is 1. The van der Waals surface area contributed by atoms with Crippen LogP contribution in [0.15, 0.2) is 60.7 Å². The fourth-order valence-corrected chi connectivity index (χ4v) is 2.81. The fourth-order valence-electron chi connectivity index (χ4n) is 2.41. The molecule has 0 bridgehead atoms. The smallest absolute Gasteiger partial charge is 0.141 e. The number of nitrogens with one attached hydrogen (secondary N) is 1. The third-order valence-electron chi connectivity index (χ3n) is 3.81. The Morgan fingerprint density at radius 2 is 1.65 bits per heavy atom. The third-order valence-corrected chi connectivity index (χ3v) is 4.45. The molecule has 0 aliphatic carbocycles. The van der Waals surface area contributed by atoms with E-state index < -0.39 is 11.6 Å². The lowest BCUT2D eigenvalue weighted by molar-refractivity contribution is 0.297. The van der Waals surface area contributed by atoms with E-state index in [0.717, 1.165) is 5.56 Å². The van der Waals surface area contributed by atoms with Crippen LogP contribution in [0.5, 0.6) is 5.75 Å². The maximum Gasteiger partial charge on any atom is 0.141 e. The maximum atomic E-state index is 13.9. The summed E-state index contributed by atoms with van der Waals surface area (Å²) < 4.78 is 32.9. The molecule has 0 atom stereocenters. The first kappa shape index (κ1) is 18.5. The van der Waals surface area contributed by atoms with E-state index in [4.69, 9.17) is 27.9 Å². The van der Waals surface area contributed by atoms with Gasteiger partial charge in [0, 0.05) is 23.4 Å². The van der Waals surface area contributed by atoms with Crippen LogP contribution in [0.3, 0.4) is 0 Å². The highest BCUT2D eigenvalue weighted by Gasteiger charge is 2.10. The van der Waals surface area contributed by atoms with Crippen molar-refractivity contribution in [2.75, 3.05) is 5.32 Å². The van der Waals surface area contributed by atoms with Gasteiger partial charge >= 0.3 is 0 Å². The molecule has 0 aromatic heterocycles. The van der Waals surface area contributed by atoms with Crippen molar-refractivity contribution in [2.24, 2.45) is 0 Å². The van der Waals surface area contributed by atoms with E-state index in [9.17, 15) is 8.78 Å². The number of anilines is 1. The second-order valence-corrected chi connectivity index (χ2v) is 6.39. The lowest BCUT2D eigenvalue weighted by Crippen LogP contribution is -2.05. The van der Waals surface area contributed by atoms with Gasteiger partial charge < -0.3 is 10.1 Å². The summed E-state index contributed by atoms with van der Waals surface area (Å²) >= 11 is 11.8. The van der Waals surface area contributed by atoms with E-state index in [1.807, 2.05) is 18.2 Å². The van der Waals surface area contributed by atoms with Gasteiger partial charge in [0.05, 0.1) is 10.0 Å². The summed E-state index contributed by atoms with van der Waals surface area (Å²) in [6, 6.07) is 16.3. The largest absolute Gasteiger partial charge is 0.488 e. The number of hydrogen-bond donors (Lipinski definition) is 1. The zero-order chi connectivity index (χ0) is 18.5. The van der Waals surface area contributed by atoms with Crippen molar-refractivity contribution < 1.29 is 13.5 Å². The van der Waals surface area contributed by atoms with E-state index in [1.165, 1.54) is 18.2 Å². The Bertz CT molecular complexity index is 898. The van der Waals surface area contributed by atoms with Crippen LogP contribution in [0.25, 0.3) is 0 Å². The minimum atomic E-state index is -0.470. The van der Waals surface area contributed by atoms with Crippen molar-refractivity contribution >= 4 is 28.9 Å². The number of hydrogen-bond acceptors (Lipinski definition) is 2. The van der Waals surface area contributed by atoms with Gasteiger partial charge in [-0.3, -0.25) is 0 Å². The first-order valence-electron chi connectivity index (χ1n) is 7.87. The van der Waals surface area contributed by atoms with Gasteiger partial charge in [-0.05, 0) is 36.4 Å². The molecule has 0 aliphatic heterocycles. The van der Waals surface area contributed by atoms with E-state index >= 15 is 0 Å². The van der Waals surface area contributed by atoms with Crippen molar-refractivity contribution in [2.45, 2.75) is 13.2 Å². The van der Waals surface area contributed by atoms with Crippen molar-refractivity contribution in [3.8, 4) is 5.75 Å². The molecule has 0 saturated heterocycles. The lowest BCUT2D eigenvalue weighted by Gasteiger charge is -2.14. The van der Waals surface area contributed by atoms with Crippen LogP contribution in [0.2, 0.25) is 10.0 Å². The second kappa shape index (κ2) is 8.39. The summed E-state index contributed by atoms with van der Waals surface area (Å²) in [5.41, 5.74) is 1.85. The normalized spacial score (nSPS) is 10.6. The quantitative estimate of drug-likeness (QED) is 0.518. The fraction of sp³-hybridized carbons (Fsp3) is 0.100. The van der Waals surface area contributed by atoms with Crippen LogP contribution < -0.4 is 10.1 Å². The second-order valence-electron chi connectivity index (χ2n) is 5.58. The van der Waals surface area contributed by atoms with Gasteiger partial charge in [0.2, 0.25) is 0 Å². The van der Waals surface area contributed by atoms with Crippen LogP contribution in [0.1, 0.15) is 11.1 Å². The van der Waals surface area contributed by atoms with Gasteiger partial charge in [0.15, 0.2) is 0 Å². The molecule has 0 saturated carbocycles. The van der Waals surface area contributed by atoms with Crippen molar-refractivity contribution in [1.29, 1.82) is 0 Å². The molecular weight excluding hydrogens is 379 g/mol. The Hall–Kier alpha value is -2.30. The number of benzene rings is 3. The Labute approximate surface area is 160 Å². The van der Waals surface area contributed by atoms with Crippen molar-refractivity contribution in [3.63, 3.8) is 0 Å². The summed E-state index contributed by atoms with van der Waals surface area (Å²) in [5.74, 6) is -0.274. The molecule has 0 amide bonds. The number of halogens is 4. The highest BCUT2D eigenvalue weighted by Crippen LogP contribution is 2.25. The maximum absolute atomic E-state index is 13.9. The molecule has 0 fully saturated rings. The Balaban J connectivity index is 1.71. The van der Waals surface area contributed by atoms with E-state index in [1.54, 1.807) is 24.3 Å². The van der Waals surface area contributed by atoms with Crippen molar-refractivity contribution in [1.82, 2.24) is 0 Å². The van der Waals surface area contributed by atoms with Crippen molar-refractivity contribution in [3.05, 3.63) is 93.5 Å². The minimum absolute atomic E-state index is 0.0187. The summed E-state index contributed by atoms with van der Waals surface area (Å²) in [6.45, 7) is 0.452. The predicted octanol–water partition coefficient (Wildman–Crippen LogP) is 6.46. The zero-order valence-corrected chi connectivity index (χ0v) is 15.1. The molecule has 26 heavy (non-hydrogen) atoms. The molecule has 2 nitrogen and oxygen atoms in total. The molecule has 3 aromatic rings. The van der Waals surface area contributed by atoms with Gasteiger partial charge in [-0.2, -0.15) is 0 Å². The Kier molecular flexibility index (Phi) is 5.96. The average Bonchev–Trinajstić information content (AvgIpc) is 2.63. The molecule has 0 radical (unpaired) electrons. The SMILES string of the molecule is Fc1ccc(NCc2ccccc2OCc2c(F)cccc2Cl)cc1Cl. The molecular formula is C20H15Cl2F2NO. The van der Waals surface area contributed by atoms with Gasteiger partial charge in [-0.25, -0.2) is 8.78 Å². The Morgan fingerprint density at radius 1 is 0.846 bits per heavy atom. The predicted molar refractivity (Wildman–Crippen MR) is 101 cm³/mol. The first-order valence-corrected chi connectivity index (χ1v) is 8.62. The average molecular weight is 394 g/mol. The van der Waals surface area contributed by atoms with Crippen LogP contribution in [0, 0.1) is 11.6 Å². The minimum Gasteiger partial charge on any atom is -0.488 e. The summed E-state index contributed by atoms with van der Waals surface area (Å²) in [4.78, 5) is 0. The molecule has 0 spiro atoms. The van der Waals surface area contributed by atoms with Crippen LogP contribution >= 0.6 is 23.2 Å². The van der Waals surface area contributed by atoms with Gasteiger partial charge in [0.25, 0.3) is 0 Å². The standard InChI is InChI=1S/C20H15Cl2F2NO/c21-16-5-3-6-18(23)15(16)12-26-20-7-2-1-4-13(20)11-25-14-8-9-19(24)17(22)10-14/h1-10,25H,11-12H2. The number of ether oxygens (including phenoxy) is 1. The van der Waals surface area contributed by atoms with Crippen LogP contribution in [-0.4, -0.2) is 0 Å². The van der Waals surface area contributed by atoms with E-state index in [0.29, 0.717) is 28.6 Å². The summed E-state index contributed by atoms with van der Waals surface area (Å²) in [6.07, 6.45) is 0. The third kappa shape index (κ3) is 4.45. The molecule has 0 aliphatic rings. The summed E-state index contributed by atoms with van der Waals surface area (Å²) in [7, 11) is 0. The summed E-state index contributed by atoms with van der Waals surface area (Å²) in [5, 5.41) is 3.53. The number of rotatable bonds is 6. The first-order chi connectivity index (χ1) is 12.5. The molecule has 0 unspecified atom stereocenters. The molecule has 3 aromatic carbocycles. The van der Waals surface area contributed by atoms with E-state index in [-0.39, 0.29) is 11.6 Å². The van der Waals surface area contributed by atoms with Crippen LogP contribution in [-0.2, 0) is 13.2 Å². The highest BCUT2D eigenvalue weighted by molar-refractivity contribution is 6.31. The topological polar surface area (TPSA) is 21.3 Å². The molecule has 6 heteroatoms. The molecule has 134 valence electrons. The Morgan fingerprint density at radius 3 is 2.42 bits per heavy atom. The molecule has 1 N–H and O–H groups in total. The molecule has 0 heterocycles. The van der Waals surface area contributed by atoms with Gasteiger partial charge in [0.1, 0.15) is 24.0 Å².